The molecule has 1 aliphatic rings. The number of piperazine rings is 1. The fourth-order valence-corrected chi connectivity index (χ4v) is 2.24. The summed E-state index contributed by atoms with van der Waals surface area (Å²) < 4.78 is 0. The molecule has 0 aromatic carbocycles. The highest BCUT2D eigenvalue weighted by atomic mass is 15.3. The van der Waals surface area contributed by atoms with Gasteiger partial charge in [0.25, 0.3) is 0 Å². The van der Waals surface area contributed by atoms with Crippen molar-refractivity contribution in [2.45, 2.75) is 25.3 Å². The van der Waals surface area contributed by atoms with E-state index in [2.05, 4.69) is 16.8 Å². The van der Waals surface area contributed by atoms with Crippen LogP contribution in [0.5, 0.6) is 0 Å². The maximum absolute atomic E-state index is 5.67. The van der Waals surface area contributed by atoms with Crippen molar-refractivity contribution in [2.75, 3.05) is 46.3 Å². The first-order valence-electron chi connectivity index (χ1n) is 6.10. The largest absolute Gasteiger partial charge is 0.330 e. The van der Waals surface area contributed by atoms with E-state index in [0.29, 0.717) is 6.04 Å². The molecule has 15 heavy (non-hydrogen) atoms. The van der Waals surface area contributed by atoms with Gasteiger partial charge in [-0.25, -0.2) is 0 Å². The van der Waals surface area contributed by atoms with Crippen molar-refractivity contribution in [2.24, 2.45) is 11.5 Å². The summed E-state index contributed by atoms with van der Waals surface area (Å²) in [7, 11) is 2.19. The minimum Gasteiger partial charge on any atom is -0.330 e. The standard InChI is InChI=1S/C11H26N4/c1-14-7-9-15(10-8-14)11(4-6-13)3-2-5-12/h11H,2-10,12-13H2,1H3. The van der Waals surface area contributed by atoms with E-state index in [9.17, 15) is 0 Å². The maximum atomic E-state index is 5.67. The number of hydrogen-bond donors (Lipinski definition) is 2. The van der Waals surface area contributed by atoms with Gasteiger partial charge in [0, 0.05) is 32.2 Å². The lowest BCUT2D eigenvalue weighted by Gasteiger charge is -2.38. The van der Waals surface area contributed by atoms with E-state index >= 15 is 0 Å². The normalized spacial score (nSPS) is 21.8. The number of likely N-dealkylation sites (N-methyl/N-ethyl adjacent to an activating group) is 1. The van der Waals surface area contributed by atoms with Crippen LogP contribution in [0.25, 0.3) is 0 Å². The predicted molar refractivity (Wildman–Crippen MR) is 64.8 cm³/mol. The van der Waals surface area contributed by atoms with Crippen LogP contribution in [0.1, 0.15) is 19.3 Å². The molecular formula is C11H26N4. The monoisotopic (exact) mass is 214 g/mol. The highest BCUT2D eigenvalue weighted by molar-refractivity contribution is 4.77. The van der Waals surface area contributed by atoms with E-state index in [1.165, 1.54) is 32.6 Å². The minimum atomic E-state index is 0.659. The second kappa shape index (κ2) is 7.17. The van der Waals surface area contributed by atoms with Gasteiger partial charge in [0.1, 0.15) is 0 Å². The molecule has 0 spiro atoms. The van der Waals surface area contributed by atoms with E-state index in [1.54, 1.807) is 0 Å². The molecule has 0 amide bonds. The van der Waals surface area contributed by atoms with Gasteiger partial charge in [-0.15, -0.1) is 0 Å². The van der Waals surface area contributed by atoms with E-state index in [1.807, 2.05) is 0 Å². The zero-order chi connectivity index (χ0) is 11.1. The lowest BCUT2D eigenvalue weighted by molar-refractivity contribution is 0.102. The van der Waals surface area contributed by atoms with Crippen molar-refractivity contribution in [1.29, 1.82) is 0 Å². The summed E-state index contributed by atoms with van der Waals surface area (Å²) in [4.78, 5) is 4.97. The molecule has 90 valence electrons. The van der Waals surface area contributed by atoms with Gasteiger partial charge in [0.2, 0.25) is 0 Å². The summed E-state index contributed by atoms with van der Waals surface area (Å²) in [6.45, 7) is 6.33. The molecule has 1 atom stereocenters. The highest BCUT2D eigenvalue weighted by Gasteiger charge is 2.21. The molecule has 0 radical (unpaired) electrons. The Morgan fingerprint density at radius 1 is 1.00 bits per heavy atom. The van der Waals surface area contributed by atoms with Crippen molar-refractivity contribution >= 4 is 0 Å². The van der Waals surface area contributed by atoms with Gasteiger partial charge in [-0.05, 0) is 39.4 Å². The summed E-state index contributed by atoms with van der Waals surface area (Å²) in [5.41, 5.74) is 11.2. The molecule has 4 heteroatoms. The second-order valence-corrected chi connectivity index (χ2v) is 4.50. The third kappa shape index (κ3) is 4.47. The Hall–Kier alpha value is -0.160. The summed E-state index contributed by atoms with van der Waals surface area (Å²) in [6, 6.07) is 0.659. The molecule has 0 aliphatic carbocycles. The Labute approximate surface area is 93.6 Å². The van der Waals surface area contributed by atoms with Gasteiger partial charge in [0.15, 0.2) is 0 Å². The zero-order valence-electron chi connectivity index (χ0n) is 9.99. The molecule has 1 heterocycles. The number of nitrogens with zero attached hydrogens (tertiary/aromatic N) is 2. The number of nitrogens with two attached hydrogens (primary N) is 2. The Balaban J connectivity index is 2.33. The first-order chi connectivity index (χ1) is 7.27. The first-order valence-corrected chi connectivity index (χ1v) is 6.10. The maximum Gasteiger partial charge on any atom is 0.0113 e. The van der Waals surface area contributed by atoms with E-state index in [4.69, 9.17) is 11.5 Å². The van der Waals surface area contributed by atoms with Crippen LogP contribution >= 0.6 is 0 Å². The summed E-state index contributed by atoms with van der Waals surface area (Å²) in [5.74, 6) is 0. The molecule has 1 rings (SSSR count). The smallest absolute Gasteiger partial charge is 0.0113 e. The van der Waals surface area contributed by atoms with Gasteiger partial charge in [-0.3, -0.25) is 4.90 Å². The van der Waals surface area contributed by atoms with Crippen molar-refractivity contribution in [3.8, 4) is 0 Å². The number of hydrogen-bond acceptors (Lipinski definition) is 4. The third-order valence-corrected chi connectivity index (χ3v) is 3.30. The Morgan fingerprint density at radius 3 is 2.20 bits per heavy atom. The van der Waals surface area contributed by atoms with Gasteiger partial charge < -0.3 is 16.4 Å². The molecule has 1 aliphatic heterocycles. The molecular weight excluding hydrogens is 188 g/mol. The number of rotatable bonds is 6. The SMILES string of the molecule is CN1CCN(C(CCN)CCCN)CC1. The van der Waals surface area contributed by atoms with Crippen molar-refractivity contribution < 1.29 is 0 Å². The highest BCUT2D eigenvalue weighted by Crippen LogP contribution is 2.12. The van der Waals surface area contributed by atoms with Crippen LogP contribution in [0.2, 0.25) is 0 Å². The van der Waals surface area contributed by atoms with Gasteiger partial charge in [0.05, 0.1) is 0 Å². The van der Waals surface area contributed by atoms with Crippen LogP contribution in [0.3, 0.4) is 0 Å². The topological polar surface area (TPSA) is 58.5 Å². The predicted octanol–water partition coefficient (Wildman–Crippen LogP) is -0.310. The van der Waals surface area contributed by atoms with Crippen LogP contribution in [-0.2, 0) is 0 Å². The molecule has 1 saturated heterocycles. The van der Waals surface area contributed by atoms with Gasteiger partial charge in [-0.2, -0.15) is 0 Å². The molecule has 4 nitrogen and oxygen atoms in total. The molecule has 4 N–H and O–H groups in total. The van der Waals surface area contributed by atoms with Crippen molar-refractivity contribution in [1.82, 2.24) is 9.80 Å². The average molecular weight is 214 g/mol. The fourth-order valence-electron chi connectivity index (χ4n) is 2.24. The second-order valence-electron chi connectivity index (χ2n) is 4.50. The summed E-state index contributed by atoms with van der Waals surface area (Å²) in [6.07, 6.45) is 3.44. The fraction of sp³-hybridized carbons (Fsp3) is 1.00. The molecule has 0 saturated carbocycles. The van der Waals surface area contributed by atoms with Crippen molar-refractivity contribution in [3.63, 3.8) is 0 Å². The van der Waals surface area contributed by atoms with E-state index in [0.717, 1.165) is 25.9 Å². The molecule has 0 aromatic heterocycles. The Morgan fingerprint density at radius 2 is 1.67 bits per heavy atom. The summed E-state index contributed by atoms with van der Waals surface area (Å²) >= 11 is 0. The van der Waals surface area contributed by atoms with Crippen LogP contribution in [0.4, 0.5) is 0 Å². The average Bonchev–Trinajstić information content (AvgIpc) is 2.25. The van der Waals surface area contributed by atoms with Crippen LogP contribution < -0.4 is 11.5 Å². The molecule has 0 bridgehead atoms. The van der Waals surface area contributed by atoms with Gasteiger partial charge >= 0.3 is 0 Å². The van der Waals surface area contributed by atoms with Gasteiger partial charge in [-0.1, -0.05) is 0 Å². The van der Waals surface area contributed by atoms with Crippen LogP contribution in [-0.4, -0.2) is 62.2 Å². The molecule has 0 aromatic rings. The Kier molecular flexibility index (Phi) is 6.17. The van der Waals surface area contributed by atoms with Crippen LogP contribution in [0, 0.1) is 0 Å². The van der Waals surface area contributed by atoms with E-state index < -0.39 is 0 Å². The minimum absolute atomic E-state index is 0.659. The summed E-state index contributed by atoms with van der Waals surface area (Å²) in [5, 5.41) is 0. The molecule has 1 unspecified atom stereocenters. The van der Waals surface area contributed by atoms with E-state index in [-0.39, 0.29) is 0 Å². The lowest BCUT2D eigenvalue weighted by Crippen LogP contribution is -2.49. The molecule has 1 fully saturated rings. The van der Waals surface area contributed by atoms with Crippen molar-refractivity contribution in [3.05, 3.63) is 0 Å². The first kappa shape index (κ1) is 12.9. The zero-order valence-corrected chi connectivity index (χ0v) is 9.99. The van der Waals surface area contributed by atoms with Crippen LogP contribution in [0.15, 0.2) is 0 Å². The lowest BCUT2D eigenvalue weighted by atomic mass is 10.1. The Bertz CT molecular complexity index is 155. The quantitative estimate of drug-likeness (QED) is 0.637. The third-order valence-electron chi connectivity index (χ3n) is 3.30.